The minimum absolute atomic E-state index is 0.00833. The molecule has 1 N–H and O–H groups in total. The quantitative estimate of drug-likeness (QED) is 0.867. The molecule has 0 aliphatic rings. The van der Waals surface area contributed by atoms with E-state index in [4.69, 9.17) is 0 Å². The number of hydrogen-bond donors (Lipinski definition) is 1. The van der Waals surface area contributed by atoms with Crippen LogP contribution in [0.3, 0.4) is 0 Å². The van der Waals surface area contributed by atoms with E-state index in [1.807, 2.05) is 37.4 Å². The second-order valence-electron chi connectivity index (χ2n) is 2.85. The number of benzene rings is 1. The summed E-state index contributed by atoms with van der Waals surface area (Å²) in [7, 11) is 0. The zero-order chi connectivity index (χ0) is 10.6. The third-order valence-electron chi connectivity index (χ3n) is 1.85. The lowest BCUT2D eigenvalue weighted by Gasteiger charge is -2.10. The number of hydrogen-bond acceptors (Lipinski definition) is 2. The SMILES string of the molecule is CS[C@H](C)C(=O)Nc1ccccc1I. The number of rotatable bonds is 3. The lowest BCUT2D eigenvalue weighted by Crippen LogP contribution is -2.22. The maximum Gasteiger partial charge on any atom is 0.237 e. The molecule has 0 fully saturated rings. The van der Waals surface area contributed by atoms with Crippen molar-refractivity contribution < 1.29 is 4.79 Å². The van der Waals surface area contributed by atoms with Gasteiger partial charge in [-0.05, 0) is 47.9 Å². The van der Waals surface area contributed by atoms with Gasteiger partial charge in [-0.2, -0.15) is 11.8 Å². The molecule has 0 saturated heterocycles. The predicted octanol–water partition coefficient (Wildman–Crippen LogP) is 2.98. The first-order chi connectivity index (χ1) is 6.65. The van der Waals surface area contributed by atoms with E-state index in [-0.39, 0.29) is 11.2 Å². The monoisotopic (exact) mass is 321 g/mol. The van der Waals surface area contributed by atoms with Gasteiger partial charge in [0.2, 0.25) is 5.91 Å². The first-order valence-electron chi connectivity index (χ1n) is 4.23. The summed E-state index contributed by atoms with van der Waals surface area (Å²) in [6.45, 7) is 1.90. The molecule has 0 bridgehead atoms. The fourth-order valence-corrected chi connectivity index (χ4v) is 1.70. The topological polar surface area (TPSA) is 29.1 Å². The second kappa shape index (κ2) is 5.60. The standard InChI is InChI=1S/C10H12INOS/c1-7(14-2)10(13)12-9-6-4-3-5-8(9)11/h3-7H,1-2H3,(H,12,13)/t7-/m1/s1. The van der Waals surface area contributed by atoms with Crippen LogP contribution >= 0.6 is 34.4 Å². The zero-order valence-corrected chi connectivity index (χ0v) is 11.1. The Kier molecular flexibility index (Phi) is 4.74. The number of nitrogens with one attached hydrogen (secondary N) is 1. The number of para-hydroxylation sites is 1. The largest absolute Gasteiger partial charge is 0.324 e. The van der Waals surface area contributed by atoms with Gasteiger partial charge in [-0.1, -0.05) is 12.1 Å². The highest BCUT2D eigenvalue weighted by Crippen LogP contribution is 2.18. The lowest BCUT2D eigenvalue weighted by molar-refractivity contribution is -0.115. The highest BCUT2D eigenvalue weighted by molar-refractivity contribution is 14.1. The van der Waals surface area contributed by atoms with E-state index in [0.717, 1.165) is 9.26 Å². The van der Waals surface area contributed by atoms with Gasteiger partial charge in [0.05, 0.1) is 10.9 Å². The van der Waals surface area contributed by atoms with Crippen LogP contribution in [0.25, 0.3) is 0 Å². The number of amides is 1. The summed E-state index contributed by atoms with van der Waals surface area (Å²) in [6.07, 6.45) is 1.93. The molecule has 1 atom stereocenters. The van der Waals surface area contributed by atoms with Crippen LogP contribution in [0.15, 0.2) is 24.3 Å². The van der Waals surface area contributed by atoms with Crippen molar-refractivity contribution in [2.45, 2.75) is 12.2 Å². The molecule has 2 nitrogen and oxygen atoms in total. The van der Waals surface area contributed by atoms with Gasteiger partial charge in [-0.15, -0.1) is 0 Å². The van der Waals surface area contributed by atoms with Crippen LogP contribution < -0.4 is 5.32 Å². The van der Waals surface area contributed by atoms with Crippen molar-refractivity contribution >= 4 is 45.9 Å². The number of halogens is 1. The maximum atomic E-state index is 11.6. The molecule has 14 heavy (non-hydrogen) atoms. The van der Waals surface area contributed by atoms with Crippen molar-refractivity contribution in [1.82, 2.24) is 0 Å². The predicted molar refractivity (Wildman–Crippen MR) is 70.8 cm³/mol. The molecular weight excluding hydrogens is 309 g/mol. The Hall–Kier alpha value is -0.230. The van der Waals surface area contributed by atoms with Crippen LogP contribution in [0.4, 0.5) is 5.69 Å². The molecular formula is C10H12INOS. The molecule has 0 unspecified atom stereocenters. The first-order valence-corrected chi connectivity index (χ1v) is 6.60. The van der Waals surface area contributed by atoms with Crippen molar-refractivity contribution in [3.05, 3.63) is 27.8 Å². The summed E-state index contributed by atoms with van der Waals surface area (Å²) in [5.41, 5.74) is 0.888. The zero-order valence-electron chi connectivity index (χ0n) is 8.08. The van der Waals surface area contributed by atoms with Crippen molar-refractivity contribution in [2.75, 3.05) is 11.6 Å². The molecule has 1 aromatic rings. The van der Waals surface area contributed by atoms with Crippen molar-refractivity contribution in [2.24, 2.45) is 0 Å². The highest BCUT2D eigenvalue weighted by atomic mass is 127. The van der Waals surface area contributed by atoms with E-state index in [0.29, 0.717) is 0 Å². The summed E-state index contributed by atoms with van der Waals surface area (Å²) in [5, 5.41) is 2.89. The lowest BCUT2D eigenvalue weighted by atomic mass is 10.3. The Morgan fingerprint density at radius 1 is 1.50 bits per heavy atom. The molecule has 76 valence electrons. The van der Waals surface area contributed by atoms with E-state index in [9.17, 15) is 4.79 Å². The van der Waals surface area contributed by atoms with E-state index in [2.05, 4.69) is 27.9 Å². The fraction of sp³-hybridized carbons (Fsp3) is 0.300. The van der Waals surface area contributed by atoms with Gasteiger partial charge in [0.15, 0.2) is 0 Å². The summed E-state index contributed by atoms with van der Waals surface area (Å²) >= 11 is 3.75. The van der Waals surface area contributed by atoms with Crippen LogP contribution in [-0.4, -0.2) is 17.4 Å². The third-order valence-corrected chi connectivity index (χ3v) is 3.72. The summed E-state index contributed by atoms with van der Waals surface area (Å²) in [6, 6.07) is 7.75. The highest BCUT2D eigenvalue weighted by Gasteiger charge is 2.11. The minimum Gasteiger partial charge on any atom is -0.324 e. The van der Waals surface area contributed by atoms with Gasteiger partial charge in [0, 0.05) is 3.57 Å². The fourth-order valence-electron chi connectivity index (χ4n) is 0.904. The Labute approximate surface area is 102 Å². The van der Waals surface area contributed by atoms with E-state index in [1.54, 1.807) is 11.8 Å². The van der Waals surface area contributed by atoms with Crippen LogP contribution in [0.5, 0.6) is 0 Å². The van der Waals surface area contributed by atoms with Crippen LogP contribution in [0.1, 0.15) is 6.92 Å². The van der Waals surface area contributed by atoms with E-state index >= 15 is 0 Å². The molecule has 0 aliphatic heterocycles. The molecule has 0 aliphatic carbocycles. The summed E-state index contributed by atoms with van der Waals surface area (Å²) in [4.78, 5) is 11.6. The summed E-state index contributed by atoms with van der Waals surface area (Å²) in [5.74, 6) is 0.0571. The normalized spacial score (nSPS) is 12.2. The number of carbonyl (C=O) groups excluding carboxylic acids is 1. The number of anilines is 1. The third kappa shape index (κ3) is 3.16. The molecule has 0 radical (unpaired) electrons. The Balaban J connectivity index is 2.70. The van der Waals surface area contributed by atoms with Crippen molar-refractivity contribution in [1.29, 1.82) is 0 Å². The van der Waals surface area contributed by atoms with Gasteiger partial charge in [0.1, 0.15) is 0 Å². The molecule has 1 rings (SSSR count). The van der Waals surface area contributed by atoms with Crippen LogP contribution in [0.2, 0.25) is 0 Å². The van der Waals surface area contributed by atoms with Gasteiger partial charge < -0.3 is 5.32 Å². The first kappa shape index (κ1) is 11.8. The Bertz CT molecular complexity index is 330. The molecule has 1 aromatic carbocycles. The van der Waals surface area contributed by atoms with Gasteiger partial charge >= 0.3 is 0 Å². The Morgan fingerprint density at radius 2 is 2.14 bits per heavy atom. The average molecular weight is 321 g/mol. The molecule has 0 aromatic heterocycles. The number of carbonyl (C=O) groups is 1. The van der Waals surface area contributed by atoms with Crippen LogP contribution in [-0.2, 0) is 4.79 Å². The molecule has 4 heteroatoms. The van der Waals surface area contributed by atoms with E-state index < -0.39 is 0 Å². The average Bonchev–Trinajstić information content (AvgIpc) is 2.20. The smallest absolute Gasteiger partial charge is 0.237 e. The van der Waals surface area contributed by atoms with Gasteiger partial charge in [-0.25, -0.2) is 0 Å². The van der Waals surface area contributed by atoms with Crippen molar-refractivity contribution in [3.63, 3.8) is 0 Å². The van der Waals surface area contributed by atoms with E-state index in [1.165, 1.54) is 0 Å². The molecule has 0 heterocycles. The molecule has 0 spiro atoms. The summed E-state index contributed by atoms with van der Waals surface area (Å²) < 4.78 is 1.06. The number of thioether (sulfide) groups is 1. The van der Waals surface area contributed by atoms with Crippen molar-refractivity contribution in [3.8, 4) is 0 Å². The molecule has 0 saturated carbocycles. The maximum absolute atomic E-state index is 11.6. The molecule has 1 amide bonds. The van der Waals surface area contributed by atoms with Gasteiger partial charge in [-0.3, -0.25) is 4.79 Å². The second-order valence-corrected chi connectivity index (χ2v) is 5.19. The minimum atomic E-state index is -0.00833. The van der Waals surface area contributed by atoms with Gasteiger partial charge in [0.25, 0.3) is 0 Å². The van der Waals surface area contributed by atoms with Crippen LogP contribution in [0, 0.1) is 3.57 Å². The Morgan fingerprint density at radius 3 is 2.71 bits per heavy atom.